The first-order chi connectivity index (χ1) is 8.65. The van der Waals surface area contributed by atoms with Crippen molar-refractivity contribution in [2.24, 2.45) is 0 Å². The minimum Gasteiger partial charge on any atom is -0.295 e. The lowest BCUT2D eigenvalue weighted by atomic mass is 10.2. The van der Waals surface area contributed by atoms with E-state index in [1.54, 1.807) is 4.90 Å². The highest BCUT2D eigenvalue weighted by Crippen LogP contribution is 2.29. The molecule has 3 rings (SSSR count). The van der Waals surface area contributed by atoms with E-state index in [4.69, 9.17) is 11.6 Å². The van der Waals surface area contributed by atoms with Crippen LogP contribution in [0.3, 0.4) is 0 Å². The molecule has 1 aromatic heterocycles. The predicted octanol–water partition coefficient (Wildman–Crippen LogP) is 2.74. The van der Waals surface area contributed by atoms with Crippen molar-refractivity contribution in [3.05, 3.63) is 29.0 Å². The molecule has 0 spiro atoms. The van der Waals surface area contributed by atoms with Gasteiger partial charge in [0, 0.05) is 22.8 Å². The van der Waals surface area contributed by atoms with Gasteiger partial charge < -0.3 is 0 Å². The van der Waals surface area contributed by atoms with Gasteiger partial charge in [-0.1, -0.05) is 15.9 Å². The lowest BCUT2D eigenvalue weighted by molar-refractivity contribution is -0.117. The monoisotopic (exact) mass is 325 g/mol. The zero-order valence-electron chi connectivity index (χ0n) is 9.31. The highest BCUT2D eigenvalue weighted by atomic mass is 79.9. The third-order valence-electron chi connectivity index (χ3n) is 2.91. The van der Waals surface area contributed by atoms with E-state index in [1.165, 1.54) is 6.33 Å². The van der Waals surface area contributed by atoms with Crippen molar-refractivity contribution in [1.82, 2.24) is 9.97 Å². The van der Waals surface area contributed by atoms with Crippen LogP contribution in [-0.4, -0.2) is 27.8 Å². The van der Waals surface area contributed by atoms with Crippen LogP contribution in [0.4, 0.5) is 5.82 Å². The van der Waals surface area contributed by atoms with Gasteiger partial charge in [0.1, 0.15) is 12.1 Å². The van der Waals surface area contributed by atoms with E-state index in [-0.39, 0.29) is 11.3 Å². The van der Waals surface area contributed by atoms with Crippen LogP contribution in [0, 0.1) is 0 Å². The summed E-state index contributed by atoms with van der Waals surface area (Å²) in [6, 6.07) is 5.72. The Morgan fingerprint density at radius 3 is 2.94 bits per heavy atom. The zero-order valence-corrected chi connectivity index (χ0v) is 11.6. The maximum atomic E-state index is 11.9. The van der Waals surface area contributed by atoms with Crippen LogP contribution < -0.4 is 4.90 Å². The third-order valence-corrected chi connectivity index (χ3v) is 3.70. The van der Waals surface area contributed by atoms with Gasteiger partial charge in [-0.3, -0.25) is 9.69 Å². The third kappa shape index (κ3) is 1.97. The number of carbonyl (C=O) groups is 1. The number of aromatic nitrogens is 2. The summed E-state index contributed by atoms with van der Waals surface area (Å²) in [7, 11) is 0. The minimum atomic E-state index is -0.144. The van der Waals surface area contributed by atoms with Gasteiger partial charge in [0.05, 0.1) is 10.9 Å². The Labute approximate surface area is 117 Å². The molecule has 6 heteroatoms. The van der Waals surface area contributed by atoms with Gasteiger partial charge in [0.25, 0.3) is 0 Å². The van der Waals surface area contributed by atoms with Gasteiger partial charge in [-0.15, -0.1) is 11.6 Å². The number of hydrogen-bond acceptors (Lipinski definition) is 3. The van der Waals surface area contributed by atoms with Gasteiger partial charge in [0.2, 0.25) is 5.91 Å². The van der Waals surface area contributed by atoms with E-state index in [0.717, 1.165) is 15.4 Å². The normalized spacial score (nSPS) is 19.8. The molecule has 1 aliphatic heterocycles. The lowest BCUT2D eigenvalue weighted by Crippen LogP contribution is -2.25. The minimum absolute atomic E-state index is 0.00924. The molecule has 92 valence electrons. The van der Waals surface area contributed by atoms with Crippen LogP contribution in [-0.2, 0) is 4.79 Å². The van der Waals surface area contributed by atoms with Crippen LogP contribution in [0.5, 0.6) is 0 Å². The summed E-state index contributed by atoms with van der Waals surface area (Å²) >= 11 is 9.44. The fraction of sp³-hybridized carbons (Fsp3) is 0.250. The molecule has 0 N–H and O–H groups in total. The predicted molar refractivity (Wildman–Crippen MR) is 73.8 cm³/mol. The van der Waals surface area contributed by atoms with E-state index in [1.807, 2.05) is 18.2 Å². The Bertz CT molecular complexity index is 634. The summed E-state index contributed by atoms with van der Waals surface area (Å²) in [5.74, 6) is 0.643. The maximum absolute atomic E-state index is 11.9. The first kappa shape index (κ1) is 11.9. The highest BCUT2D eigenvalue weighted by Gasteiger charge is 2.31. The number of halogens is 2. The summed E-state index contributed by atoms with van der Waals surface area (Å²) in [5.41, 5.74) is 0.814. The van der Waals surface area contributed by atoms with E-state index in [9.17, 15) is 4.79 Å². The Balaban J connectivity index is 2.17. The average molecular weight is 327 g/mol. The Kier molecular flexibility index (Phi) is 2.95. The molecule has 0 saturated carbocycles. The van der Waals surface area contributed by atoms with Gasteiger partial charge >= 0.3 is 0 Å². The molecule has 1 aromatic carbocycles. The molecular weight excluding hydrogens is 318 g/mol. The highest BCUT2D eigenvalue weighted by molar-refractivity contribution is 9.10. The number of alkyl halides is 1. The standard InChI is InChI=1S/C12H9BrClN3O/c13-7-1-2-10-9(3-7)12(16-6-15-10)17-5-8(14)4-11(17)18/h1-3,6,8H,4-5H2. The fourth-order valence-corrected chi connectivity index (χ4v) is 2.73. The first-order valence-electron chi connectivity index (χ1n) is 5.50. The summed E-state index contributed by atoms with van der Waals surface area (Å²) < 4.78 is 0.931. The molecule has 0 aliphatic carbocycles. The summed E-state index contributed by atoms with van der Waals surface area (Å²) in [4.78, 5) is 21.9. The van der Waals surface area contributed by atoms with Gasteiger partial charge in [0.15, 0.2) is 0 Å². The van der Waals surface area contributed by atoms with Crippen LogP contribution in [0.2, 0.25) is 0 Å². The molecule has 2 aromatic rings. The number of rotatable bonds is 1. The number of hydrogen-bond donors (Lipinski definition) is 0. The van der Waals surface area contributed by atoms with Crippen LogP contribution in [0.1, 0.15) is 6.42 Å². The Morgan fingerprint density at radius 1 is 1.39 bits per heavy atom. The van der Waals surface area contributed by atoms with Crippen molar-refractivity contribution in [3.63, 3.8) is 0 Å². The maximum Gasteiger partial charge on any atom is 0.229 e. The zero-order chi connectivity index (χ0) is 12.7. The first-order valence-corrected chi connectivity index (χ1v) is 6.73. The summed E-state index contributed by atoms with van der Waals surface area (Å²) in [6.45, 7) is 0.499. The number of benzene rings is 1. The Morgan fingerprint density at radius 2 is 2.22 bits per heavy atom. The van der Waals surface area contributed by atoms with Crippen LogP contribution >= 0.6 is 27.5 Å². The second kappa shape index (κ2) is 4.48. The molecule has 1 atom stereocenters. The van der Waals surface area contributed by atoms with Crippen LogP contribution in [0.25, 0.3) is 10.9 Å². The molecule has 1 saturated heterocycles. The Hall–Kier alpha value is -1.20. The molecule has 0 radical (unpaired) electrons. The van der Waals surface area contributed by atoms with E-state index >= 15 is 0 Å². The van der Waals surface area contributed by atoms with E-state index < -0.39 is 0 Å². The molecule has 0 bridgehead atoms. The summed E-state index contributed by atoms with van der Waals surface area (Å²) in [6.07, 6.45) is 1.83. The van der Waals surface area contributed by atoms with Crippen LogP contribution in [0.15, 0.2) is 29.0 Å². The molecule has 1 fully saturated rings. The number of anilines is 1. The fourth-order valence-electron chi connectivity index (χ4n) is 2.10. The molecule has 1 aliphatic rings. The topological polar surface area (TPSA) is 46.1 Å². The molecule has 18 heavy (non-hydrogen) atoms. The smallest absolute Gasteiger partial charge is 0.229 e. The van der Waals surface area contributed by atoms with E-state index in [0.29, 0.717) is 18.8 Å². The van der Waals surface area contributed by atoms with Crippen molar-refractivity contribution in [1.29, 1.82) is 0 Å². The average Bonchev–Trinajstić information content (AvgIpc) is 2.67. The second-order valence-corrected chi connectivity index (χ2v) is 5.70. The van der Waals surface area contributed by atoms with Crippen molar-refractivity contribution >= 4 is 50.2 Å². The van der Waals surface area contributed by atoms with Gasteiger partial charge in [-0.2, -0.15) is 0 Å². The largest absolute Gasteiger partial charge is 0.295 e. The number of fused-ring (bicyclic) bond motifs is 1. The van der Waals surface area contributed by atoms with Crippen molar-refractivity contribution in [2.45, 2.75) is 11.8 Å². The molecule has 2 heterocycles. The van der Waals surface area contributed by atoms with E-state index in [2.05, 4.69) is 25.9 Å². The van der Waals surface area contributed by atoms with Crippen molar-refractivity contribution < 1.29 is 4.79 Å². The van der Waals surface area contributed by atoms with Crippen molar-refractivity contribution in [2.75, 3.05) is 11.4 Å². The van der Waals surface area contributed by atoms with Gasteiger partial charge in [-0.05, 0) is 18.2 Å². The number of nitrogens with zero attached hydrogens (tertiary/aromatic N) is 3. The quantitative estimate of drug-likeness (QED) is 0.757. The van der Waals surface area contributed by atoms with Gasteiger partial charge in [-0.25, -0.2) is 9.97 Å². The van der Waals surface area contributed by atoms with Crippen molar-refractivity contribution in [3.8, 4) is 0 Å². The SMILES string of the molecule is O=C1CC(Cl)CN1c1ncnc2ccc(Br)cc12. The molecule has 1 unspecified atom stereocenters. The molecule has 4 nitrogen and oxygen atoms in total. The second-order valence-electron chi connectivity index (χ2n) is 4.16. The number of amides is 1. The molecule has 1 amide bonds. The summed E-state index contributed by atoms with van der Waals surface area (Å²) in [5, 5.41) is 0.709. The molecular formula is C12H9BrClN3O. The number of carbonyl (C=O) groups excluding carboxylic acids is 1. The lowest BCUT2D eigenvalue weighted by Gasteiger charge is -2.16.